The lowest BCUT2D eigenvalue weighted by atomic mass is 10.0. The molecule has 6 nitrogen and oxygen atoms in total. The van der Waals surface area contributed by atoms with Crippen molar-refractivity contribution in [3.05, 3.63) is 29.8 Å². The number of carboxylic acids is 1. The predicted molar refractivity (Wildman–Crippen MR) is 74.0 cm³/mol. The highest BCUT2D eigenvalue weighted by atomic mass is 16.5. The first-order valence-electron chi connectivity index (χ1n) is 6.61. The smallest absolute Gasteiger partial charge is 0.335 e. The molecule has 1 atom stereocenters. The number of ether oxygens (including phenoxy) is 1. The minimum absolute atomic E-state index is 0.142. The second kappa shape index (κ2) is 6.91. The van der Waals surface area contributed by atoms with Gasteiger partial charge in [0, 0.05) is 18.8 Å². The molecular weight excluding hydrogens is 260 g/mol. The number of urea groups is 1. The van der Waals surface area contributed by atoms with E-state index in [1.807, 2.05) is 0 Å². The molecular formula is C14H18N2O4. The van der Waals surface area contributed by atoms with Crippen molar-refractivity contribution >= 4 is 17.7 Å². The highest BCUT2D eigenvalue weighted by Gasteiger charge is 2.14. The Kier molecular flexibility index (Phi) is 4.95. The van der Waals surface area contributed by atoms with E-state index in [0.717, 1.165) is 19.4 Å². The normalized spacial score (nSPS) is 18.3. The lowest BCUT2D eigenvalue weighted by Crippen LogP contribution is -2.35. The topological polar surface area (TPSA) is 87.7 Å². The zero-order valence-electron chi connectivity index (χ0n) is 11.1. The minimum atomic E-state index is -1.02. The molecule has 1 aliphatic heterocycles. The van der Waals surface area contributed by atoms with E-state index in [-0.39, 0.29) is 11.6 Å². The van der Waals surface area contributed by atoms with E-state index in [9.17, 15) is 9.59 Å². The minimum Gasteiger partial charge on any atom is -0.478 e. The summed E-state index contributed by atoms with van der Waals surface area (Å²) in [5.41, 5.74) is 0.603. The fourth-order valence-corrected chi connectivity index (χ4v) is 2.11. The molecule has 1 aliphatic rings. The molecule has 108 valence electrons. The molecule has 3 N–H and O–H groups in total. The molecule has 0 saturated carbocycles. The molecule has 1 aromatic rings. The summed E-state index contributed by atoms with van der Waals surface area (Å²) in [5, 5.41) is 14.3. The molecule has 6 heteroatoms. The van der Waals surface area contributed by atoms with Gasteiger partial charge in [-0.25, -0.2) is 9.59 Å². The van der Waals surface area contributed by atoms with Gasteiger partial charge in [-0.1, -0.05) is 6.07 Å². The summed E-state index contributed by atoms with van der Waals surface area (Å²) < 4.78 is 5.34. The Morgan fingerprint density at radius 2 is 2.25 bits per heavy atom. The molecule has 1 fully saturated rings. The largest absolute Gasteiger partial charge is 0.478 e. The number of aromatic carboxylic acids is 1. The number of hydrogen-bond acceptors (Lipinski definition) is 3. The summed E-state index contributed by atoms with van der Waals surface area (Å²) in [4.78, 5) is 22.6. The first kappa shape index (κ1) is 14.3. The van der Waals surface area contributed by atoms with E-state index in [1.165, 1.54) is 12.1 Å². The van der Waals surface area contributed by atoms with Gasteiger partial charge in [0.25, 0.3) is 0 Å². The van der Waals surface area contributed by atoms with Crippen LogP contribution in [-0.4, -0.2) is 36.9 Å². The van der Waals surface area contributed by atoms with Crippen molar-refractivity contribution in [1.82, 2.24) is 5.32 Å². The number of rotatable bonds is 4. The van der Waals surface area contributed by atoms with Gasteiger partial charge < -0.3 is 20.5 Å². The Balaban J connectivity index is 1.81. The van der Waals surface area contributed by atoms with Crippen LogP contribution in [0.5, 0.6) is 0 Å². The summed E-state index contributed by atoms with van der Waals surface area (Å²) in [6.07, 6.45) is 2.07. The van der Waals surface area contributed by atoms with Crippen LogP contribution in [0, 0.1) is 5.92 Å². The second-order valence-electron chi connectivity index (χ2n) is 4.80. The number of benzene rings is 1. The molecule has 1 saturated heterocycles. The van der Waals surface area contributed by atoms with Gasteiger partial charge in [0.15, 0.2) is 0 Å². The third-order valence-electron chi connectivity index (χ3n) is 3.17. The number of nitrogens with one attached hydrogen (secondary N) is 2. The molecule has 0 radical (unpaired) electrons. The molecule has 2 rings (SSSR count). The van der Waals surface area contributed by atoms with Gasteiger partial charge in [-0.05, 0) is 37.0 Å². The Bertz CT molecular complexity index is 484. The van der Waals surface area contributed by atoms with Gasteiger partial charge in [0.1, 0.15) is 0 Å². The van der Waals surface area contributed by atoms with Crippen LogP contribution in [0.3, 0.4) is 0 Å². The molecule has 0 bridgehead atoms. The van der Waals surface area contributed by atoms with Gasteiger partial charge in [-0.3, -0.25) is 0 Å². The zero-order valence-corrected chi connectivity index (χ0v) is 11.1. The monoisotopic (exact) mass is 278 g/mol. The van der Waals surface area contributed by atoms with Crippen molar-refractivity contribution in [2.75, 3.05) is 25.1 Å². The first-order chi connectivity index (χ1) is 9.65. The van der Waals surface area contributed by atoms with Crippen LogP contribution in [-0.2, 0) is 4.74 Å². The average molecular weight is 278 g/mol. The quantitative estimate of drug-likeness (QED) is 0.785. The second-order valence-corrected chi connectivity index (χ2v) is 4.80. The number of anilines is 1. The van der Waals surface area contributed by atoms with Gasteiger partial charge in [-0.15, -0.1) is 0 Å². The van der Waals surface area contributed by atoms with E-state index in [1.54, 1.807) is 12.1 Å². The fourth-order valence-electron chi connectivity index (χ4n) is 2.11. The van der Waals surface area contributed by atoms with Crippen molar-refractivity contribution in [3.8, 4) is 0 Å². The maximum atomic E-state index is 11.7. The van der Waals surface area contributed by atoms with Crippen LogP contribution in [0.2, 0.25) is 0 Å². The zero-order chi connectivity index (χ0) is 14.4. The summed E-state index contributed by atoms with van der Waals surface area (Å²) in [6.45, 7) is 2.03. The summed E-state index contributed by atoms with van der Waals surface area (Å²) in [6, 6.07) is 5.80. The summed E-state index contributed by atoms with van der Waals surface area (Å²) >= 11 is 0. The van der Waals surface area contributed by atoms with E-state index in [4.69, 9.17) is 9.84 Å². The number of carboxylic acid groups (broad SMARTS) is 1. The van der Waals surface area contributed by atoms with Crippen LogP contribution in [0.15, 0.2) is 24.3 Å². The summed E-state index contributed by atoms with van der Waals surface area (Å²) in [7, 11) is 0. The molecule has 20 heavy (non-hydrogen) atoms. The average Bonchev–Trinajstić information content (AvgIpc) is 2.46. The SMILES string of the molecule is O=C(NCC1CCCOC1)Nc1cccc(C(=O)O)c1. The highest BCUT2D eigenvalue weighted by molar-refractivity contribution is 5.93. The Hall–Kier alpha value is -2.08. The van der Waals surface area contributed by atoms with Crippen molar-refractivity contribution in [1.29, 1.82) is 0 Å². The lowest BCUT2D eigenvalue weighted by Gasteiger charge is -2.22. The van der Waals surface area contributed by atoms with Crippen LogP contribution >= 0.6 is 0 Å². The van der Waals surface area contributed by atoms with E-state index >= 15 is 0 Å². The molecule has 1 heterocycles. The van der Waals surface area contributed by atoms with Crippen LogP contribution in [0.1, 0.15) is 23.2 Å². The predicted octanol–water partition coefficient (Wildman–Crippen LogP) is 1.93. The number of carbonyl (C=O) groups is 2. The molecule has 0 aliphatic carbocycles. The van der Waals surface area contributed by atoms with Crippen molar-refractivity contribution in [2.45, 2.75) is 12.8 Å². The van der Waals surface area contributed by atoms with Gasteiger partial charge in [-0.2, -0.15) is 0 Å². The van der Waals surface area contributed by atoms with E-state index in [2.05, 4.69) is 10.6 Å². The van der Waals surface area contributed by atoms with Crippen LogP contribution in [0.25, 0.3) is 0 Å². The maximum absolute atomic E-state index is 11.7. The Labute approximate surface area is 117 Å². The number of hydrogen-bond donors (Lipinski definition) is 3. The third-order valence-corrected chi connectivity index (χ3v) is 3.17. The third kappa shape index (κ3) is 4.24. The summed E-state index contributed by atoms with van der Waals surface area (Å²) in [5.74, 6) is -0.673. The van der Waals surface area contributed by atoms with Crippen molar-refractivity contribution < 1.29 is 19.4 Å². The van der Waals surface area contributed by atoms with Crippen molar-refractivity contribution in [3.63, 3.8) is 0 Å². The van der Waals surface area contributed by atoms with Crippen LogP contribution in [0.4, 0.5) is 10.5 Å². The lowest BCUT2D eigenvalue weighted by molar-refractivity contribution is 0.0559. The van der Waals surface area contributed by atoms with E-state index in [0.29, 0.717) is 24.8 Å². The molecule has 0 spiro atoms. The maximum Gasteiger partial charge on any atom is 0.335 e. The van der Waals surface area contributed by atoms with Gasteiger partial charge in [0.05, 0.1) is 12.2 Å². The standard InChI is InChI=1S/C14H18N2O4/c17-13(18)11-4-1-5-12(7-11)16-14(19)15-8-10-3-2-6-20-9-10/h1,4-5,7,10H,2-3,6,8-9H2,(H,17,18)(H2,15,16,19). The van der Waals surface area contributed by atoms with Gasteiger partial charge in [0.2, 0.25) is 0 Å². The van der Waals surface area contributed by atoms with Crippen molar-refractivity contribution in [2.24, 2.45) is 5.92 Å². The molecule has 1 unspecified atom stereocenters. The molecule has 2 amide bonds. The number of amides is 2. The fraction of sp³-hybridized carbons (Fsp3) is 0.429. The Morgan fingerprint density at radius 1 is 1.40 bits per heavy atom. The first-order valence-corrected chi connectivity index (χ1v) is 6.61. The highest BCUT2D eigenvalue weighted by Crippen LogP contribution is 2.13. The molecule has 0 aromatic heterocycles. The number of carbonyl (C=O) groups excluding carboxylic acids is 1. The Morgan fingerprint density at radius 3 is 2.95 bits per heavy atom. The van der Waals surface area contributed by atoms with Crippen LogP contribution < -0.4 is 10.6 Å². The van der Waals surface area contributed by atoms with E-state index < -0.39 is 5.97 Å². The van der Waals surface area contributed by atoms with Gasteiger partial charge >= 0.3 is 12.0 Å². The molecule has 1 aromatic carbocycles.